The zero-order chi connectivity index (χ0) is 16.8. The maximum absolute atomic E-state index is 11.8. The van der Waals surface area contributed by atoms with Crippen molar-refractivity contribution in [1.29, 1.82) is 0 Å². The van der Waals surface area contributed by atoms with Gasteiger partial charge in [0.1, 0.15) is 5.01 Å². The fraction of sp³-hybridized carbons (Fsp3) is 0.235. The highest BCUT2D eigenvalue weighted by atomic mass is 32.1. The molecule has 0 saturated heterocycles. The third kappa shape index (κ3) is 4.20. The SMILES string of the molecule is Cn1nccc1CCNC(=O)NCc1csc(-c2ccccc2)n1. The van der Waals surface area contributed by atoms with Crippen molar-refractivity contribution >= 4 is 17.4 Å². The summed E-state index contributed by atoms with van der Waals surface area (Å²) in [7, 11) is 1.89. The van der Waals surface area contributed by atoms with Crippen LogP contribution in [0.5, 0.6) is 0 Å². The van der Waals surface area contributed by atoms with Crippen LogP contribution >= 0.6 is 11.3 Å². The summed E-state index contributed by atoms with van der Waals surface area (Å²) < 4.78 is 1.81. The molecule has 0 fully saturated rings. The Bertz CT molecular complexity index is 796. The second kappa shape index (κ2) is 7.74. The number of nitrogens with one attached hydrogen (secondary N) is 2. The number of hydrogen-bond acceptors (Lipinski definition) is 4. The van der Waals surface area contributed by atoms with E-state index in [1.165, 1.54) is 0 Å². The third-order valence-corrected chi connectivity index (χ3v) is 4.53. The summed E-state index contributed by atoms with van der Waals surface area (Å²) in [5, 5.41) is 12.7. The van der Waals surface area contributed by atoms with Crippen molar-refractivity contribution in [2.45, 2.75) is 13.0 Å². The minimum Gasteiger partial charge on any atom is -0.338 e. The number of aromatic nitrogens is 3. The molecule has 3 aromatic rings. The molecule has 2 aromatic heterocycles. The van der Waals surface area contributed by atoms with Crippen LogP contribution in [0.3, 0.4) is 0 Å². The van der Waals surface area contributed by atoms with Crippen LogP contribution in [0.25, 0.3) is 10.6 Å². The Labute approximate surface area is 144 Å². The lowest BCUT2D eigenvalue weighted by Crippen LogP contribution is -2.36. The van der Waals surface area contributed by atoms with Crippen LogP contribution in [0.1, 0.15) is 11.4 Å². The van der Waals surface area contributed by atoms with Gasteiger partial charge in [-0.05, 0) is 6.07 Å². The van der Waals surface area contributed by atoms with Gasteiger partial charge in [0.25, 0.3) is 0 Å². The zero-order valence-electron chi connectivity index (χ0n) is 13.4. The van der Waals surface area contributed by atoms with Crippen LogP contribution in [-0.4, -0.2) is 27.3 Å². The van der Waals surface area contributed by atoms with Gasteiger partial charge in [-0.25, -0.2) is 9.78 Å². The van der Waals surface area contributed by atoms with E-state index in [1.807, 2.05) is 48.8 Å². The van der Waals surface area contributed by atoms with Crippen LogP contribution in [0.4, 0.5) is 4.79 Å². The van der Waals surface area contributed by atoms with E-state index in [9.17, 15) is 4.79 Å². The van der Waals surface area contributed by atoms with Gasteiger partial charge in [0.2, 0.25) is 0 Å². The van der Waals surface area contributed by atoms with Crippen molar-refractivity contribution in [1.82, 2.24) is 25.4 Å². The number of carbonyl (C=O) groups excluding carboxylic acids is 1. The Morgan fingerprint density at radius 3 is 2.79 bits per heavy atom. The molecule has 2 heterocycles. The van der Waals surface area contributed by atoms with Gasteiger partial charge in [-0.2, -0.15) is 5.10 Å². The van der Waals surface area contributed by atoms with Crippen molar-refractivity contribution in [3.63, 3.8) is 0 Å². The van der Waals surface area contributed by atoms with Gasteiger partial charge in [0.15, 0.2) is 0 Å². The van der Waals surface area contributed by atoms with Crippen molar-refractivity contribution in [2.75, 3.05) is 6.54 Å². The molecular weight excluding hydrogens is 322 g/mol. The second-order valence-corrected chi connectivity index (χ2v) is 6.17. The first-order valence-corrected chi connectivity index (χ1v) is 8.59. The lowest BCUT2D eigenvalue weighted by atomic mass is 10.2. The topological polar surface area (TPSA) is 71.8 Å². The van der Waals surface area contributed by atoms with Gasteiger partial charge in [-0.3, -0.25) is 4.68 Å². The van der Waals surface area contributed by atoms with Gasteiger partial charge in [0.05, 0.1) is 12.2 Å². The molecule has 1 aromatic carbocycles. The van der Waals surface area contributed by atoms with E-state index in [1.54, 1.807) is 22.2 Å². The fourth-order valence-corrected chi connectivity index (χ4v) is 3.11. The lowest BCUT2D eigenvalue weighted by Gasteiger charge is -2.06. The van der Waals surface area contributed by atoms with E-state index in [0.717, 1.165) is 28.4 Å². The fourth-order valence-electron chi connectivity index (χ4n) is 2.29. The van der Waals surface area contributed by atoms with Crippen molar-refractivity contribution in [3.8, 4) is 10.6 Å². The molecule has 124 valence electrons. The number of thiazole rings is 1. The summed E-state index contributed by atoms with van der Waals surface area (Å²) >= 11 is 1.58. The van der Waals surface area contributed by atoms with Crippen LogP contribution in [-0.2, 0) is 20.0 Å². The first kappa shape index (κ1) is 16.2. The van der Waals surface area contributed by atoms with Gasteiger partial charge < -0.3 is 10.6 Å². The predicted molar refractivity (Wildman–Crippen MR) is 94.7 cm³/mol. The molecular formula is C17H19N5OS. The summed E-state index contributed by atoms with van der Waals surface area (Å²) in [4.78, 5) is 16.4. The molecule has 0 unspecified atom stereocenters. The molecule has 0 spiro atoms. The molecule has 6 nitrogen and oxygen atoms in total. The lowest BCUT2D eigenvalue weighted by molar-refractivity contribution is 0.240. The summed E-state index contributed by atoms with van der Waals surface area (Å²) in [5.41, 5.74) is 3.04. The van der Waals surface area contributed by atoms with E-state index in [-0.39, 0.29) is 6.03 Å². The molecule has 0 bridgehead atoms. The molecule has 0 aliphatic rings. The maximum Gasteiger partial charge on any atom is 0.315 e. The highest BCUT2D eigenvalue weighted by molar-refractivity contribution is 7.13. The predicted octanol–water partition coefficient (Wildman–Crippen LogP) is 2.59. The molecule has 0 aliphatic heterocycles. The Hall–Kier alpha value is -2.67. The van der Waals surface area contributed by atoms with Crippen molar-refractivity contribution in [3.05, 3.63) is 59.4 Å². The standard InChI is InChI=1S/C17H19N5OS/c1-22-15(8-10-20-22)7-9-18-17(23)19-11-14-12-24-16(21-14)13-5-3-2-4-6-13/h2-6,8,10,12H,7,9,11H2,1H3,(H2,18,19,23). The van der Waals surface area contributed by atoms with E-state index in [2.05, 4.69) is 20.7 Å². The van der Waals surface area contributed by atoms with E-state index < -0.39 is 0 Å². The quantitative estimate of drug-likeness (QED) is 0.724. The minimum atomic E-state index is -0.188. The molecule has 7 heteroatoms. The number of aryl methyl sites for hydroxylation is 1. The minimum absolute atomic E-state index is 0.188. The Morgan fingerprint density at radius 2 is 2.04 bits per heavy atom. The molecule has 24 heavy (non-hydrogen) atoms. The Morgan fingerprint density at radius 1 is 1.21 bits per heavy atom. The number of benzene rings is 1. The molecule has 0 aliphatic carbocycles. The largest absolute Gasteiger partial charge is 0.338 e. The van der Waals surface area contributed by atoms with Crippen LogP contribution in [0.2, 0.25) is 0 Å². The summed E-state index contributed by atoms with van der Waals surface area (Å²) in [5.74, 6) is 0. The van der Waals surface area contributed by atoms with E-state index >= 15 is 0 Å². The van der Waals surface area contributed by atoms with Crippen LogP contribution < -0.4 is 10.6 Å². The average molecular weight is 341 g/mol. The number of hydrogen-bond donors (Lipinski definition) is 2. The molecule has 0 atom stereocenters. The number of carbonyl (C=O) groups is 1. The average Bonchev–Trinajstić information content (AvgIpc) is 3.23. The maximum atomic E-state index is 11.8. The summed E-state index contributed by atoms with van der Waals surface area (Å²) in [6.45, 7) is 0.985. The summed E-state index contributed by atoms with van der Waals surface area (Å²) in [6.07, 6.45) is 2.50. The first-order valence-electron chi connectivity index (χ1n) is 7.71. The van der Waals surface area contributed by atoms with Crippen LogP contribution in [0.15, 0.2) is 48.0 Å². The second-order valence-electron chi connectivity index (χ2n) is 5.32. The van der Waals surface area contributed by atoms with Crippen molar-refractivity contribution < 1.29 is 4.79 Å². The Balaban J connectivity index is 1.43. The van der Waals surface area contributed by atoms with E-state index in [4.69, 9.17) is 0 Å². The molecule has 0 saturated carbocycles. The number of amides is 2. The number of urea groups is 1. The van der Waals surface area contributed by atoms with E-state index in [0.29, 0.717) is 13.1 Å². The molecule has 2 amide bonds. The number of nitrogens with zero attached hydrogens (tertiary/aromatic N) is 3. The van der Waals surface area contributed by atoms with Gasteiger partial charge in [-0.1, -0.05) is 30.3 Å². The highest BCUT2D eigenvalue weighted by Gasteiger charge is 2.06. The van der Waals surface area contributed by atoms with Gasteiger partial charge in [-0.15, -0.1) is 11.3 Å². The molecule has 0 radical (unpaired) electrons. The summed E-state index contributed by atoms with van der Waals surface area (Å²) in [6, 6.07) is 11.8. The van der Waals surface area contributed by atoms with Crippen molar-refractivity contribution in [2.24, 2.45) is 7.05 Å². The smallest absolute Gasteiger partial charge is 0.315 e. The zero-order valence-corrected chi connectivity index (χ0v) is 14.2. The van der Waals surface area contributed by atoms with Crippen LogP contribution in [0, 0.1) is 0 Å². The number of rotatable bonds is 6. The monoisotopic (exact) mass is 341 g/mol. The molecule has 3 rings (SSSR count). The van der Waals surface area contributed by atoms with Gasteiger partial charge in [0, 0.05) is 42.8 Å². The third-order valence-electron chi connectivity index (χ3n) is 3.59. The first-order chi connectivity index (χ1) is 11.7. The normalized spacial score (nSPS) is 10.5. The molecule has 2 N–H and O–H groups in total. The Kier molecular flexibility index (Phi) is 5.22. The highest BCUT2D eigenvalue weighted by Crippen LogP contribution is 2.23. The van der Waals surface area contributed by atoms with Gasteiger partial charge >= 0.3 is 6.03 Å².